The van der Waals surface area contributed by atoms with E-state index in [9.17, 15) is 4.79 Å². The van der Waals surface area contributed by atoms with Gasteiger partial charge in [-0.1, -0.05) is 12.1 Å². The molecule has 0 atom stereocenters. The van der Waals surface area contributed by atoms with Crippen molar-refractivity contribution in [3.63, 3.8) is 0 Å². The third-order valence-corrected chi connectivity index (χ3v) is 4.74. The van der Waals surface area contributed by atoms with E-state index in [1.807, 2.05) is 40.4 Å². The Balaban J connectivity index is 1.84. The van der Waals surface area contributed by atoms with Gasteiger partial charge in [0.2, 0.25) is 0 Å². The lowest BCUT2D eigenvalue weighted by Crippen LogP contribution is -2.11. The maximum Gasteiger partial charge on any atom is 0.255 e. The van der Waals surface area contributed by atoms with Gasteiger partial charge < -0.3 is 5.32 Å². The van der Waals surface area contributed by atoms with E-state index in [1.54, 1.807) is 17.4 Å². The molecule has 3 aromatic rings. The molecule has 2 aromatic heterocycles. The highest BCUT2D eigenvalue weighted by molar-refractivity contribution is 7.13. The molecule has 0 saturated heterocycles. The summed E-state index contributed by atoms with van der Waals surface area (Å²) in [6.07, 6.45) is 0. The summed E-state index contributed by atoms with van der Waals surface area (Å²) >= 11 is 8.84. The Morgan fingerprint density at radius 1 is 1.29 bits per heavy atom. The van der Waals surface area contributed by atoms with Crippen molar-refractivity contribution in [1.82, 2.24) is 4.98 Å². The van der Waals surface area contributed by atoms with E-state index in [-0.39, 0.29) is 5.91 Å². The van der Waals surface area contributed by atoms with Crippen molar-refractivity contribution in [3.05, 3.63) is 57.7 Å². The first-order valence-corrected chi connectivity index (χ1v) is 8.56. The molecule has 0 saturated carbocycles. The van der Waals surface area contributed by atoms with Crippen LogP contribution >= 0.6 is 34.3 Å². The maximum absolute atomic E-state index is 12.2. The van der Waals surface area contributed by atoms with E-state index in [2.05, 4.69) is 10.3 Å². The molecule has 1 amide bonds. The predicted octanol–water partition coefficient (Wildman–Crippen LogP) is 4.86. The van der Waals surface area contributed by atoms with E-state index in [1.165, 1.54) is 11.3 Å². The highest BCUT2D eigenvalue weighted by Gasteiger charge is 2.10. The van der Waals surface area contributed by atoms with Crippen LogP contribution in [-0.4, -0.2) is 10.9 Å². The number of hydrogen-bond donors (Lipinski definition) is 1. The number of nitrogens with zero attached hydrogens (tertiary/aromatic N) is 1. The van der Waals surface area contributed by atoms with Crippen LogP contribution < -0.4 is 5.32 Å². The zero-order valence-electron chi connectivity index (χ0n) is 10.9. The van der Waals surface area contributed by atoms with E-state index in [0.29, 0.717) is 11.4 Å². The summed E-state index contributed by atoms with van der Waals surface area (Å²) in [6, 6.07) is 9.32. The molecule has 0 aliphatic carbocycles. The molecule has 6 heteroatoms. The number of thiazole rings is 1. The molecule has 0 fully saturated rings. The number of thiophene rings is 1. The molecule has 3 rings (SSSR count). The number of carbonyl (C=O) groups is 1. The fourth-order valence-electron chi connectivity index (χ4n) is 1.83. The van der Waals surface area contributed by atoms with Gasteiger partial charge in [-0.25, -0.2) is 4.98 Å². The molecule has 1 aromatic carbocycles. The molecule has 0 unspecified atom stereocenters. The Bertz CT molecular complexity index is 753. The minimum Gasteiger partial charge on any atom is -0.321 e. The molecule has 3 nitrogen and oxygen atoms in total. The van der Waals surface area contributed by atoms with Gasteiger partial charge in [-0.2, -0.15) is 11.3 Å². The SMILES string of the molecule is O=C(Nc1ccsc1)c1cccc(-c2nc(CCl)cs2)c1. The molecule has 106 valence electrons. The zero-order chi connectivity index (χ0) is 14.7. The number of rotatable bonds is 4. The van der Waals surface area contributed by atoms with E-state index < -0.39 is 0 Å². The van der Waals surface area contributed by atoms with Gasteiger partial charge in [0.1, 0.15) is 5.01 Å². The van der Waals surface area contributed by atoms with E-state index in [0.717, 1.165) is 22.0 Å². The number of halogens is 1. The molecule has 2 heterocycles. The average molecular weight is 335 g/mol. The van der Waals surface area contributed by atoms with Crippen LogP contribution in [0.4, 0.5) is 5.69 Å². The number of benzene rings is 1. The Morgan fingerprint density at radius 3 is 2.90 bits per heavy atom. The van der Waals surface area contributed by atoms with Crippen LogP contribution in [0, 0.1) is 0 Å². The standard InChI is InChI=1S/C15H11ClN2OS2/c16-7-13-9-21-15(18-13)11-3-1-2-10(6-11)14(19)17-12-4-5-20-8-12/h1-6,8-9H,7H2,(H,17,19). The Kier molecular flexibility index (Phi) is 4.34. The number of anilines is 1. The Morgan fingerprint density at radius 2 is 2.19 bits per heavy atom. The fourth-order valence-corrected chi connectivity index (χ4v) is 3.47. The van der Waals surface area contributed by atoms with Gasteiger partial charge in [0, 0.05) is 21.9 Å². The number of carbonyl (C=O) groups excluding carboxylic acids is 1. The molecule has 0 bridgehead atoms. The van der Waals surface area contributed by atoms with Crippen LogP contribution in [0.25, 0.3) is 10.6 Å². The summed E-state index contributed by atoms with van der Waals surface area (Å²) in [7, 11) is 0. The second kappa shape index (κ2) is 6.39. The highest BCUT2D eigenvalue weighted by Crippen LogP contribution is 2.25. The first kappa shape index (κ1) is 14.3. The molecular weight excluding hydrogens is 324 g/mol. The molecular formula is C15H11ClN2OS2. The summed E-state index contributed by atoms with van der Waals surface area (Å²) in [5.41, 5.74) is 3.20. The van der Waals surface area contributed by atoms with E-state index >= 15 is 0 Å². The van der Waals surface area contributed by atoms with E-state index in [4.69, 9.17) is 11.6 Å². The van der Waals surface area contributed by atoms with Gasteiger partial charge in [0.15, 0.2) is 0 Å². The van der Waals surface area contributed by atoms with Crippen molar-refractivity contribution in [3.8, 4) is 10.6 Å². The summed E-state index contributed by atoms with van der Waals surface area (Å²) in [4.78, 5) is 16.6. The normalized spacial score (nSPS) is 10.5. The van der Waals surface area contributed by atoms with Crippen molar-refractivity contribution in [2.75, 3.05) is 5.32 Å². The molecule has 0 aliphatic heterocycles. The lowest BCUT2D eigenvalue weighted by Gasteiger charge is -2.04. The number of hydrogen-bond acceptors (Lipinski definition) is 4. The fraction of sp³-hybridized carbons (Fsp3) is 0.0667. The van der Waals surface area contributed by atoms with Crippen LogP contribution in [-0.2, 0) is 5.88 Å². The van der Waals surface area contributed by atoms with Gasteiger partial charge >= 0.3 is 0 Å². The second-order valence-corrected chi connectivity index (χ2v) is 6.23. The lowest BCUT2D eigenvalue weighted by atomic mass is 10.1. The number of aromatic nitrogens is 1. The van der Waals surface area contributed by atoms with Gasteiger partial charge in [0.25, 0.3) is 5.91 Å². The third kappa shape index (κ3) is 3.32. The second-order valence-electron chi connectivity index (χ2n) is 4.32. The van der Waals surface area contributed by atoms with Crippen LogP contribution in [0.5, 0.6) is 0 Å². The summed E-state index contributed by atoms with van der Waals surface area (Å²) in [6.45, 7) is 0. The van der Waals surface area contributed by atoms with Crippen LogP contribution in [0.2, 0.25) is 0 Å². The highest BCUT2D eigenvalue weighted by atomic mass is 35.5. The van der Waals surface area contributed by atoms with Crippen LogP contribution in [0.15, 0.2) is 46.5 Å². The van der Waals surface area contributed by atoms with Crippen LogP contribution in [0.1, 0.15) is 16.1 Å². The Labute approximate surface area is 135 Å². The molecule has 0 radical (unpaired) electrons. The number of amides is 1. The van der Waals surface area contributed by atoms with Gasteiger partial charge in [-0.05, 0) is 23.6 Å². The molecule has 0 aliphatic rings. The first-order valence-electron chi connectivity index (χ1n) is 6.20. The molecule has 21 heavy (non-hydrogen) atoms. The summed E-state index contributed by atoms with van der Waals surface area (Å²) < 4.78 is 0. The summed E-state index contributed by atoms with van der Waals surface area (Å²) in [5, 5.41) is 9.49. The van der Waals surface area contributed by atoms with Gasteiger partial charge in [0.05, 0.1) is 17.3 Å². The predicted molar refractivity (Wildman–Crippen MR) is 89.4 cm³/mol. The summed E-state index contributed by atoms with van der Waals surface area (Å²) in [5.74, 6) is 0.277. The Hall–Kier alpha value is -1.69. The first-order chi connectivity index (χ1) is 10.3. The third-order valence-electron chi connectivity index (χ3n) is 2.84. The minimum atomic E-state index is -0.121. The minimum absolute atomic E-state index is 0.121. The topological polar surface area (TPSA) is 42.0 Å². The monoisotopic (exact) mass is 334 g/mol. The zero-order valence-corrected chi connectivity index (χ0v) is 13.3. The molecule has 0 spiro atoms. The van der Waals surface area contributed by atoms with Crippen molar-refractivity contribution in [1.29, 1.82) is 0 Å². The smallest absolute Gasteiger partial charge is 0.255 e. The molecule has 1 N–H and O–H groups in total. The van der Waals surface area contributed by atoms with Crippen molar-refractivity contribution < 1.29 is 4.79 Å². The van der Waals surface area contributed by atoms with Crippen molar-refractivity contribution in [2.45, 2.75) is 5.88 Å². The maximum atomic E-state index is 12.2. The number of nitrogens with one attached hydrogen (secondary N) is 1. The largest absolute Gasteiger partial charge is 0.321 e. The average Bonchev–Trinajstić information content (AvgIpc) is 3.18. The van der Waals surface area contributed by atoms with Gasteiger partial charge in [-0.3, -0.25) is 4.79 Å². The lowest BCUT2D eigenvalue weighted by molar-refractivity contribution is 0.102. The number of alkyl halides is 1. The van der Waals surface area contributed by atoms with Crippen molar-refractivity contribution in [2.24, 2.45) is 0 Å². The van der Waals surface area contributed by atoms with Gasteiger partial charge in [-0.15, -0.1) is 22.9 Å². The van der Waals surface area contributed by atoms with Crippen LogP contribution in [0.3, 0.4) is 0 Å². The quantitative estimate of drug-likeness (QED) is 0.692. The van der Waals surface area contributed by atoms with Crippen molar-refractivity contribution >= 4 is 45.9 Å².